The Morgan fingerprint density at radius 2 is 1.61 bits per heavy atom. The average molecular weight is 380 g/mol. The molecule has 146 valence electrons. The van der Waals surface area contributed by atoms with Crippen molar-refractivity contribution in [3.8, 4) is 0 Å². The fourth-order valence-corrected chi connectivity index (χ4v) is 3.16. The lowest BCUT2D eigenvalue weighted by Gasteiger charge is -2.34. The Bertz CT molecular complexity index is 831. The number of rotatable bonds is 7. The lowest BCUT2D eigenvalue weighted by atomic mass is 10.1. The zero-order chi connectivity index (χ0) is 19.8. The number of carbonyl (C=O) groups is 2. The number of carboxylic acid groups (broad SMARTS) is 1. The highest BCUT2D eigenvalue weighted by Gasteiger charge is 2.18. The van der Waals surface area contributed by atoms with E-state index in [1.54, 1.807) is 18.2 Å². The van der Waals surface area contributed by atoms with E-state index >= 15 is 0 Å². The van der Waals surface area contributed by atoms with Gasteiger partial charge in [-0.2, -0.15) is 5.10 Å². The maximum absolute atomic E-state index is 12.1. The number of benzene rings is 2. The highest BCUT2D eigenvalue weighted by molar-refractivity contribution is 5.98. The van der Waals surface area contributed by atoms with Gasteiger partial charge >= 0.3 is 5.97 Å². The Hall–Kier alpha value is -3.03. The van der Waals surface area contributed by atoms with E-state index in [9.17, 15) is 9.59 Å². The fraction of sp³-hybridized carbons (Fsp3) is 0.286. The van der Waals surface area contributed by atoms with Gasteiger partial charge in [0.2, 0.25) is 0 Å². The van der Waals surface area contributed by atoms with Gasteiger partial charge in [0.05, 0.1) is 18.3 Å². The number of piperazine rings is 1. The zero-order valence-corrected chi connectivity index (χ0v) is 15.6. The summed E-state index contributed by atoms with van der Waals surface area (Å²) in [6.45, 7) is 4.68. The van der Waals surface area contributed by atoms with Crippen molar-refractivity contribution in [1.29, 1.82) is 0 Å². The van der Waals surface area contributed by atoms with Crippen LogP contribution in [0, 0.1) is 0 Å². The summed E-state index contributed by atoms with van der Waals surface area (Å²) in [6.07, 6.45) is 1.36. The largest absolute Gasteiger partial charge is 0.478 e. The van der Waals surface area contributed by atoms with Crippen LogP contribution in [0.15, 0.2) is 59.7 Å². The number of hydrogen-bond donors (Lipinski definition) is 2. The van der Waals surface area contributed by atoms with Crippen molar-refractivity contribution < 1.29 is 14.7 Å². The van der Waals surface area contributed by atoms with Crippen molar-refractivity contribution in [3.05, 3.63) is 71.3 Å². The number of aromatic carboxylic acids is 1. The molecule has 7 nitrogen and oxygen atoms in total. The number of amides is 1. The maximum Gasteiger partial charge on any atom is 0.336 e. The molecule has 2 aromatic rings. The van der Waals surface area contributed by atoms with Gasteiger partial charge in [-0.25, -0.2) is 10.2 Å². The third-order valence-electron chi connectivity index (χ3n) is 4.67. The average Bonchev–Trinajstić information content (AvgIpc) is 2.70. The van der Waals surface area contributed by atoms with E-state index in [1.807, 2.05) is 18.2 Å². The normalized spacial score (nSPS) is 15.6. The maximum atomic E-state index is 12.1. The summed E-state index contributed by atoms with van der Waals surface area (Å²) in [4.78, 5) is 27.7. The molecule has 0 saturated carbocycles. The zero-order valence-electron chi connectivity index (χ0n) is 15.6. The van der Waals surface area contributed by atoms with Crippen LogP contribution in [0.2, 0.25) is 0 Å². The van der Waals surface area contributed by atoms with Crippen LogP contribution in [-0.2, 0) is 11.3 Å². The van der Waals surface area contributed by atoms with Crippen molar-refractivity contribution in [3.63, 3.8) is 0 Å². The van der Waals surface area contributed by atoms with Gasteiger partial charge in [-0.1, -0.05) is 48.5 Å². The third-order valence-corrected chi connectivity index (χ3v) is 4.67. The summed E-state index contributed by atoms with van der Waals surface area (Å²) in [5, 5.41) is 13.0. The lowest BCUT2D eigenvalue weighted by molar-refractivity contribution is -0.122. The summed E-state index contributed by atoms with van der Waals surface area (Å²) in [7, 11) is 0. The van der Waals surface area contributed by atoms with Gasteiger partial charge in [0, 0.05) is 38.3 Å². The van der Waals surface area contributed by atoms with Crippen molar-refractivity contribution >= 4 is 18.1 Å². The molecule has 1 aliphatic heterocycles. The van der Waals surface area contributed by atoms with Gasteiger partial charge in [-0.3, -0.25) is 14.6 Å². The van der Waals surface area contributed by atoms with Gasteiger partial charge < -0.3 is 5.11 Å². The van der Waals surface area contributed by atoms with Crippen LogP contribution in [0.4, 0.5) is 0 Å². The smallest absolute Gasteiger partial charge is 0.336 e. The number of hydrazone groups is 1. The first-order chi connectivity index (χ1) is 13.6. The van der Waals surface area contributed by atoms with Gasteiger partial charge in [0.25, 0.3) is 5.91 Å². The van der Waals surface area contributed by atoms with Crippen LogP contribution < -0.4 is 5.43 Å². The van der Waals surface area contributed by atoms with Crippen molar-refractivity contribution in [2.75, 3.05) is 32.7 Å². The lowest BCUT2D eigenvalue weighted by Crippen LogP contribution is -2.48. The third kappa shape index (κ3) is 5.73. The molecule has 0 bridgehead atoms. The first-order valence-electron chi connectivity index (χ1n) is 9.24. The summed E-state index contributed by atoms with van der Waals surface area (Å²) < 4.78 is 0. The summed E-state index contributed by atoms with van der Waals surface area (Å²) >= 11 is 0. The molecule has 2 N–H and O–H groups in total. The van der Waals surface area contributed by atoms with Crippen molar-refractivity contribution in [1.82, 2.24) is 15.2 Å². The van der Waals surface area contributed by atoms with Crippen LogP contribution in [0.25, 0.3) is 0 Å². The van der Waals surface area contributed by atoms with E-state index in [1.165, 1.54) is 17.8 Å². The van der Waals surface area contributed by atoms with Gasteiger partial charge in [-0.15, -0.1) is 0 Å². The molecule has 0 unspecified atom stereocenters. The molecule has 2 aromatic carbocycles. The second-order valence-electron chi connectivity index (χ2n) is 6.72. The van der Waals surface area contributed by atoms with Crippen LogP contribution in [0.5, 0.6) is 0 Å². The molecule has 28 heavy (non-hydrogen) atoms. The van der Waals surface area contributed by atoms with Crippen LogP contribution >= 0.6 is 0 Å². The molecule has 0 radical (unpaired) electrons. The molecule has 0 atom stereocenters. The molecule has 1 fully saturated rings. The molecule has 0 spiro atoms. The van der Waals surface area contributed by atoms with Crippen LogP contribution in [-0.4, -0.2) is 65.7 Å². The van der Waals surface area contributed by atoms with E-state index < -0.39 is 5.97 Å². The second kappa shape index (κ2) is 9.77. The molecule has 1 saturated heterocycles. The van der Waals surface area contributed by atoms with Gasteiger partial charge in [0.1, 0.15) is 0 Å². The van der Waals surface area contributed by atoms with Crippen molar-refractivity contribution in [2.45, 2.75) is 6.54 Å². The number of carbonyl (C=O) groups excluding carboxylic acids is 1. The first kappa shape index (κ1) is 19.7. The summed E-state index contributed by atoms with van der Waals surface area (Å²) in [5.41, 5.74) is 4.37. The highest BCUT2D eigenvalue weighted by atomic mass is 16.4. The topological polar surface area (TPSA) is 85.2 Å². The molecule has 1 heterocycles. The van der Waals surface area contributed by atoms with E-state index in [0.717, 1.165) is 32.7 Å². The van der Waals surface area contributed by atoms with Gasteiger partial charge in [0.15, 0.2) is 0 Å². The Labute approximate surface area is 164 Å². The molecule has 0 aromatic heterocycles. The minimum atomic E-state index is -1.03. The standard InChI is InChI=1S/C21H24N4O3/c26-20(23-22-14-18-8-4-5-9-19(18)21(27)28)16-25-12-10-24(11-13-25)15-17-6-2-1-3-7-17/h1-9,14H,10-13,15-16H2,(H,23,26)(H,27,28)/b22-14-. The molecule has 1 aliphatic rings. The SMILES string of the molecule is O=C(CN1CCN(Cc2ccccc2)CC1)N/N=C\c1ccccc1C(=O)O. The van der Waals surface area contributed by atoms with E-state index in [0.29, 0.717) is 5.56 Å². The summed E-state index contributed by atoms with van der Waals surface area (Å²) in [6, 6.07) is 16.9. The van der Waals surface area contributed by atoms with Gasteiger partial charge in [-0.05, 0) is 11.6 Å². The minimum absolute atomic E-state index is 0.148. The van der Waals surface area contributed by atoms with E-state index in [2.05, 4.69) is 32.5 Å². The van der Waals surface area contributed by atoms with E-state index in [4.69, 9.17) is 5.11 Å². The number of carboxylic acids is 1. The molecular weight excluding hydrogens is 356 g/mol. The molecular formula is C21H24N4O3. The molecule has 0 aliphatic carbocycles. The molecule has 3 rings (SSSR count). The monoisotopic (exact) mass is 380 g/mol. The minimum Gasteiger partial charge on any atom is -0.478 e. The number of nitrogens with zero attached hydrogens (tertiary/aromatic N) is 3. The fourth-order valence-electron chi connectivity index (χ4n) is 3.16. The number of hydrogen-bond acceptors (Lipinski definition) is 5. The second-order valence-corrected chi connectivity index (χ2v) is 6.72. The Kier molecular flexibility index (Phi) is 6.89. The summed E-state index contributed by atoms with van der Waals surface area (Å²) in [5.74, 6) is -1.23. The van der Waals surface area contributed by atoms with E-state index in [-0.39, 0.29) is 18.0 Å². The number of nitrogens with one attached hydrogen (secondary N) is 1. The Morgan fingerprint density at radius 1 is 0.964 bits per heavy atom. The predicted octanol–water partition coefficient (Wildman–Crippen LogP) is 1.65. The molecule has 1 amide bonds. The van der Waals surface area contributed by atoms with Crippen LogP contribution in [0.3, 0.4) is 0 Å². The Morgan fingerprint density at radius 3 is 2.32 bits per heavy atom. The molecule has 7 heteroatoms. The highest BCUT2D eigenvalue weighted by Crippen LogP contribution is 2.08. The van der Waals surface area contributed by atoms with Crippen molar-refractivity contribution in [2.24, 2.45) is 5.10 Å². The van der Waals surface area contributed by atoms with Crippen LogP contribution in [0.1, 0.15) is 21.5 Å². The quantitative estimate of drug-likeness (QED) is 0.564. The first-order valence-corrected chi connectivity index (χ1v) is 9.24. The predicted molar refractivity (Wildman–Crippen MR) is 107 cm³/mol. The Balaban J connectivity index is 1.42.